The minimum absolute atomic E-state index is 0.674. The van der Waals surface area contributed by atoms with Crippen molar-refractivity contribution in [3.8, 4) is 0 Å². The summed E-state index contributed by atoms with van der Waals surface area (Å²) in [6.07, 6.45) is 2.40. The van der Waals surface area contributed by atoms with Crippen LogP contribution in [0.4, 0.5) is 0 Å². The highest BCUT2D eigenvalue weighted by Gasteiger charge is 2.41. The Bertz CT molecular complexity index is 404. The van der Waals surface area contributed by atoms with Crippen LogP contribution in [0.2, 0.25) is 0 Å². The average Bonchev–Trinajstić information content (AvgIpc) is 2.63. The lowest BCUT2D eigenvalue weighted by Gasteiger charge is -2.28. The molecule has 0 bridgehead atoms. The summed E-state index contributed by atoms with van der Waals surface area (Å²) in [5, 5.41) is 9.71. The van der Waals surface area contributed by atoms with Gasteiger partial charge in [-0.25, -0.2) is 0 Å². The smallest absolute Gasteiger partial charge is 0.314 e. The number of carboxylic acids is 1. The van der Waals surface area contributed by atoms with Crippen LogP contribution in [0.3, 0.4) is 0 Å². The van der Waals surface area contributed by atoms with E-state index in [2.05, 4.69) is 11.8 Å². The lowest BCUT2D eigenvalue weighted by molar-refractivity contribution is -0.144. The van der Waals surface area contributed by atoms with Crippen molar-refractivity contribution in [2.75, 3.05) is 19.6 Å². The van der Waals surface area contributed by atoms with E-state index in [0.29, 0.717) is 6.42 Å². The van der Waals surface area contributed by atoms with E-state index in [4.69, 9.17) is 0 Å². The monoisotopic (exact) mass is 247 g/mol. The van der Waals surface area contributed by atoms with E-state index in [1.54, 1.807) is 0 Å². The molecule has 1 heterocycles. The Hall–Kier alpha value is -1.35. The van der Waals surface area contributed by atoms with Gasteiger partial charge in [0.15, 0.2) is 0 Å². The minimum Gasteiger partial charge on any atom is -0.481 e. The molecular weight excluding hydrogens is 226 g/mol. The molecule has 1 aliphatic heterocycles. The molecular formula is C15H21NO2. The van der Waals surface area contributed by atoms with Crippen LogP contribution in [-0.4, -0.2) is 35.6 Å². The fraction of sp³-hybridized carbons (Fsp3) is 0.533. The number of carbonyl (C=O) groups is 1. The second kappa shape index (κ2) is 5.53. The number of likely N-dealkylation sites (tertiary alicyclic amines) is 1. The maximum atomic E-state index is 11.8. The third-order valence-electron chi connectivity index (χ3n) is 4.12. The third-order valence-corrected chi connectivity index (χ3v) is 4.12. The summed E-state index contributed by atoms with van der Waals surface area (Å²) in [4.78, 5) is 14.1. The summed E-state index contributed by atoms with van der Waals surface area (Å²) in [5.41, 5.74) is 0.265. The summed E-state index contributed by atoms with van der Waals surface area (Å²) >= 11 is 0. The molecule has 1 N–H and O–H groups in total. The molecule has 0 spiro atoms. The van der Waals surface area contributed by atoms with Crippen molar-refractivity contribution in [3.05, 3.63) is 35.9 Å². The largest absolute Gasteiger partial charge is 0.481 e. The molecule has 1 aliphatic rings. The molecule has 1 aromatic carbocycles. The van der Waals surface area contributed by atoms with E-state index in [0.717, 1.165) is 38.0 Å². The number of hydrogen-bond acceptors (Lipinski definition) is 2. The topological polar surface area (TPSA) is 40.5 Å². The summed E-state index contributed by atoms with van der Waals surface area (Å²) in [6.45, 7) is 5.02. The molecule has 98 valence electrons. The average molecular weight is 247 g/mol. The van der Waals surface area contributed by atoms with Crippen LogP contribution < -0.4 is 0 Å². The van der Waals surface area contributed by atoms with E-state index in [1.165, 1.54) is 0 Å². The molecule has 3 heteroatoms. The Labute approximate surface area is 108 Å². The van der Waals surface area contributed by atoms with Crippen molar-refractivity contribution >= 4 is 5.97 Å². The molecule has 1 fully saturated rings. The quantitative estimate of drug-likeness (QED) is 0.892. The zero-order valence-corrected chi connectivity index (χ0v) is 10.9. The molecule has 1 atom stereocenters. The van der Waals surface area contributed by atoms with E-state index >= 15 is 0 Å². The molecule has 2 rings (SSSR count). The second-order valence-electron chi connectivity index (χ2n) is 5.04. The first-order valence-corrected chi connectivity index (χ1v) is 6.70. The van der Waals surface area contributed by atoms with Gasteiger partial charge in [-0.05, 0) is 44.5 Å². The van der Waals surface area contributed by atoms with Crippen molar-refractivity contribution in [2.24, 2.45) is 0 Å². The molecule has 0 aliphatic carbocycles. The van der Waals surface area contributed by atoms with Crippen LogP contribution >= 0.6 is 0 Å². The molecule has 0 amide bonds. The number of hydrogen-bond donors (Lipinski definition) is 1. The highest BCUT2D eigenvalue weighted by atomic mass is 16.4. The lowest BCUT2D eigenvalue weighted by atomic mass is 9.74. The Balaban J connectivity index is 2.31. The molecule has 0 saturated carbocycles. The van der Waals surface area contributed by atoms with Crippen LogP contribution in [0.15, 0.2) is 30.3 Å². The molecule has 0 unspecified atom stereocenters. The number of carboxylic acid groups (broad SMARTS) is 1. The Morgan fingerprint density at radius 1 is 1.28 bits per heavy atom. The van der Waals surface area contributed by atoms with Crippen molar-refractivity contribution in [1.29, 1.82) is 0 Å². The zero-order valence-electron chi connectivity index (χ0n) is 10.9. The Morgan fingerprint density at radius 2 is 2.00 bits per heavy atom. The van der Waals surface area contributed by atoms with Gasteiger partial charge in [0.05, 0.1) is 5.41 Å². The summed E-state index contributed by atoms with van der Waals surface area (Å²) in [6, 6.07) is 9.71. The van der Waals surface area contributed by atoms with Crippen LogP contribution in [0, 0.1) is 0 Å². The van der Waals surface area contributed by atoms with Gasteiger partial charge in [0, 0.05) is 0 Å². The van der Waals surface area contributed by atoms with Gasteiger partial charge >= 0.3 is 5.97 Å². The van der Waals surface area contributed by atoms with Crippen LogP contribution in [-0.2, 0) is 10.2 Å². The number of nitrogens with zero attached hydrogens (tertiary/aromatic N) is 1. The van der Waals surface area contributed by atoms with E-state index in [-0.39, 0.29) is 0 Å². The predicted molar refractivity (Wildman–Crippen MR) is 71.7 cm³/mol. The molecule has 0 radical (unpaired) electrons. The van der Waals surface area contributed by atoms with Gasteiger partial charge < -0.3 is 10.0 Å². The molecule has 1 saturated heterocycles. The lowest BCUT2D eigenvalue weighted by Crippen LogP contribution is -2.37. The Morgan fingerprint density at radius 3 is 2.61 bits per heavy atom. The van der Waals surface area contributed by atoms with Crippen molar-refractivity contribution in [3.63, 3.8) is 0 Å². The van der Waals surface area contributed by atoms with Crippen LogP contribution in [0.25, 0.3) is 0 Å². The van der Waals surface area contributed by atoms with Gasteiger partial charge in [0.2, 0.25) is 0 Å². The van der Waals surface area contributed by atoms with E-state index < -0.39 is 11.4 Å². The number of aliphatic carboxylic acids is 1. The molecule has 0 aromatic heterocycles. The van der Waals surface area contributed by atoms with Gasteiger partial charge in [-0.2, -0.15) is 0 Å². The first kappa shape index (κ1) is 13.1. The van der Waals surface area contributed by atoms with Crippen LogP contribution in [0.5, 0.6) is 0 Å². The highest BCUT2D eigenvalue weighted by molar-refractivity contribution is 5.81. The summed E-state index contributed by atoms with van der Waals surface area (Å²) in [5.74, 6) is -0.674. The van der Waals surface area contributed by atoms with Crippen molar-refractivity contribution < 1.29 is 9.90 Å². The van der Waals surface area contributed by atoms with Crippen molar-refractivity contribution in [2.45, 2.75) is 31.6 Å². The van der Waals surface area contributed by atoms with Crippen molar-refractivity contribution in [1.82, 2.24) is 4.90 Å². The summed E-state index contributed by atoms with van der Waals surface area (Å²) in [7, 11) is 0. The van der Waals surface area contributed by atoms with Gasteiger partial charge in [-0.15, -0.1) is 0 Å². The first-order chi connectivity index (χ1) is 8.69. The predicted octanol–water partition coefficient (Wildman–Crippen LogP) is 2.51. The van der Waals surface area contributed by atoms with E-state index in [1.807, 2.05) is 30.3 Å². The van der Waals surface area contributed by atoms with Gasteiger partial charge in [-0.1, -0.05) is 37.3 Å². The first-order valence-electron chi connectivity index (χ1n) is 6.70. The molecule has 18 heavy (non-hydrogen) atoms. The second-order valence-corrected chi connectivity index (χ2v) is 5.04. The standard InChI is InChI=1S/C15H21NO2/c1-2-16-11-6-9-15(10-12-16,14(17)18)13-7-4-3-5-8-13/h3-5,7-8H,2,6,9-12H2,1H3,(H,17,18)/t15-/m0/s1. The van der Waals surface area contributed by atoms with Gasteiger partial charge in [0.1, 0.15) is 0 Å². The third kappa shape index (κ3) is 2.41. The van der Waals surface area contributed by atoms with Gasteiger partial charge in [0.25, 0.3) is 0 Å². The molecule has 1 aromatic rings. The molecule has 3 nitrogen and oxygen atoms in total. The van der Waals surface area contributed by atoms with Gasteiger partial charge in [-0.3, -0.25) is 4.79 Å². The van der Waals surface area contributed by atoms with E-state index in [9.17, 15) is 9.90 Å². The number of rotatable bonds is 3. The zero-order chi connectivity index (χ0) is 13.0. The van der Waals surface area contributed by atoms with Crippen LogP contribution in [0.1, 0.15) is 31.7 Å². The fourth-order valence-corrected chi connectivity index (χ4v) is 2.89. The maximum Gasteiger partial charge on any atom is 0.314 e. The SMILES string of the molecule is CCN1CCC[C@@](C(=O)O)(c2ccccc2)CC1. The minimum atomic E-state index is -0.689. The number of benzene rings is 1. The highest BCUT2D eigenvalue weighted by Crippen LogP contribution is 2.35. The normalized spacial score (nSPS) is 25.6. The Kier molecular flexibility index (Phi) is 4.02. The maximum absolute atomic E-state index is 11.8. The summed E-state index contributed by atoms with van der Waals surface area (Å²) < 4.78 is 0. The fourth-order valence-electron chi connectivity index (χ4n) is 2.89.